The van der Waals surface area contributed by atoms with Crippen LogP contribution in [-0.4, -0.2) is 9.97 Å². The molecular formula is C20H13ClN4S. The van der Waals surface area contributed by atoms with Gasteiger partial charge in [0, 0.05) is 21.7 Å². The summed E-state index contributed by atoms with van der Waals surface area (Å²) in [6, 6.07) is 11.9. The molecule has 1 aliphatic rings. The Bertz CT molecular complexity index is 1240. The average Bonchev–Trinajstić information content (AvgIpc) is 3.23. The Morgan fingerprint density at radius 1 is 1.15 bits per heavy atom. The summed E-state index contributed by atoms with van der Waals surface area (Å²) in [4.78, 5) is 10.4. The van der Waals surface area contributed by atoms with Gasteiger partial charge >= 0.3 is 0 Å². The number of benzene rings is 1. The van der Waals surface area contributed by atoms with Crippen LogP contribution in [0.1, 0.15) is 23.2 Å². The number of hydrogen-bond donors (Lipinski definition) is 1. The van der Waals surface area contributed by atoms with Gasteiger partial charge in [0.15, 0.2) is 0 Å². The molecule has 1 aromatic carbocycles. The molecule has 0 amide bonds. The quantitative estimate of drug-likeness (QED) is 0.501. The summed E-state index contributed by atoms with van der Waals surface area (Å²) in [5, 5.41) is 11.4. The molecule has 3 aromatic heterocycles. The van der Waals surface area contributed by atoms with Crippen molar-refractivity contribution in [1.29, 1.82) is 5.26 Å². The number of pyridine rings is 2. The Hall–Kier alpha value is -2.68. The molecule has 4 aromatic rings. The molecule has 5 rings (SSSR count). The number of halogens is 1. The second-order valence-electron chi connectivity index (χ2n) is 6.45. The van der Waals surface area contributed by atoms with E-state index in [2.05, 4.69) is 17.1 Å². The Kier molecular flexibility index (Phi) is 3.39. The summed E-state index contributed by atoms with van der Waals surface area (Å²) < 4.78 is 0.948. The summed E-state index contributed by atoms with van der Waals surface area (Å²) >= 11 is 7.61. The van der Waals surface area contributed by atoms with Gasteiger partial charge in [-0.1, -0.05) is 23.7 Å². The number of nitrogen functional groups attached to an aromatic ring is 1. The van der Waals surface area contributed by atoms with Crippen LogP contribution in [0, 0.1) is 11.3 Å². The average molecular weight is 377 g/mol. The smallest absolute Gasteiger partial charge is 0.142 e. The van der Waals surface area contributed by atoms with Crippen molar-refractivity contribution in [3.8, 4) is 17.2 Å². The number of fused-ring (bicyclic) bond motifs is 4. The van der Waals surface area contributed by atoms with Crippen LogP contribution in [0.3, 0.4) is 0 Å². The minimum Gasteiger partial charge on any atom is -0.383 e. The van der Waals surface area contributed by atoms with Crippen molar-refractivity contribution in [2.24, 2.45) is 0 Å². The summed E-state index contributed by atoms with van der Waals surface area (Å²) in [5.41, 5.74) is 11.6. The SMILES string of the molecule is N#Cc1c(N)nc2c(sc3nc4c(cc32)CCC4)c1-c1ccc(Cl)cc1. The molecule has 0 atom stereocenters. The third-order valence-corrected chi connectivity index (χ3v) is 6.25. The highest BCUT2D eigenvalue weighted by molar-refractivity contribution is 7.26. The molecule has 1 aliphatic carbocycles. The van der Waals surface area contributed by atoms with Gasteiger partial charge in [0.2, 0.25) is 0 Å². The van der Waals surface area contributed by atoms with Crippen LogP contribution < -0.4 is 5.73 Å². The van der Waals surface area contributed by atoms with Crippen LogP contribution in [0.5, 0.6) is 0 Å². The van der Waals surface area contributed by atoms with E-state index < -0.39 is 0 Å². The molecule has 0 fully saturated rings. The topological polar surface area (TPSA) is 75.6 Å². The number of nitriles is 1. The number of nitrogens with two attached hydrogens (primary N) is 1. The van der Waals surface area contributed by atoms with Crippen molar-refractivity contribution in [2.75, 3.05) is 5.73 Å². The highest BCUT2D eigenvalue weighted by atomic mass is 35.5. The molecule has 26 heavy (non-hydrogen) atoms. The lowest BCUT2D eigenvalue weighted by molar-refractivity contribution is 0.901. The Labute approximate surface area is 158 Å². The normalized spacial score (nSPS) is 13.2. The molecule has 0 saturated heterocycles. The third kappa shape index (κ3) is 2.20. The maximum Gasteiger partial charge on any atom is 0.142 e. The Morgan fingerprint density at radius 2 is 1.96 bits per heavy atom. The molecule has 0 radical (unpaired) electrons. The lowest BCUT2D eigenvalue weighted by Gasteiger charge is -2.08. The van der Waals surface area contributed by atoms with Gasteiger partial charge in [0.05, 0.1) is 10.2 Å². The van der Waals surface area contributed by atoms with Crippen LogP contribution in [0.4, 0.5) is 5.82 Å². The third-order valence-electron chi connectivity index (χ3n) is 4.89. The molecule has 0 spiro atoms. The first kappa shape index (κ1) is 15.6. The number of thiophene rings is 1. The number of nitrogens with zero attached hydrogens (tertiary/aromatic N) is 3. The first-order valence-electron chi connectivity index (χ1n) is 8.36. The molecule has 0 bridgehead atoms. The zero-order chi connectivity index (χ0) is 17.8. The molecule has 3 heterocycles. The molecule has 0 unspecified atom stereocenters. The van der Waals surface area contributed by atoms with Crippen molar-refractivity contribution in [2.45, 2.75) is 19.3 Å². The van der Waals surface area contributed by atoms with E-state index in [1.807, 2.05) is 24.3 Å². The number of rotatable bonds is 1. The molecule has 126 valence electrons. The zero-order valence-electron chi connectivity index (χ0n) is 13.7. The second-order valence-corrected chi connectivity index (χ2v) is 7.88. The van der Waals surface area contributed by atoms with E-state index in [-0.39, 0.29) is 5.82 Å². The molecule has 6 heteroatoms. The fraction of sp³-hybridized carbons (Fsp3) is 0.150. The van der Waals surface area contributed by atoms with Gasteiger partial charge in [-0.25, -0.2) is 9.97 Å². The highest BCUT2D eigenvalue weighted by Crippen LogP contribution is 2.42. The Balaban J connectivity index is 1.91. The van der Waals surface area contributed by atoms with Crippen LogP contribution >= 0.6 is 22.9 Å². The van der Waals surface area contributed by atoms with E-state index in [1.165, 1.54) is 11.3 Å². The minimum absolute atomic E-state index is 0.255. The van der Waals surface area contributed by atoms with Crippen LogP contribution in [0.2, 0.25) is 5.02 Å². The molecule has 4 nitrogen and oxygen atoms in total. The number of aromatic nitrogens is 2. The van der Waals surface area contributed by atoms with Gasteiger partial charge in [-0.3, -0.25) is 0 Å². The first-order valence-corrected chi connectivity index (χ1v) is 9.55. The van der Waals surface area contributed by atoms with Crippen molar-refractivity contribution in [3.63, 3.8) is 0 Å². The van der Waals surface area contributed by atoms with Gasteiger partial charge in [-0.2, -0.15) is 5.26 Å². The number of hydrogen-bond acceptors (Lipinski definition) is 5. The van der Waals surface area contributed by atoms with Crippen LogP contribution in [-0.2, 0) is 12.8 Å². The zero-order valence-corrected chi connectivity index (χ0v) is 15.3. The fourth-order valence-corrected chi connectivity index (χ4v) is 4.99. The predicted octanol–water partition coefficient (Wildman–Crippen LogP) is 5.11. The van der Waals surface area contributed by atoms with Crippen molar-refractivity contribution >= 4 is 49.2 Å². The van der Waals surface area contributed by atoms with E-state index >= 15 is 0 Å². The largest absolute Gasteiger partial charge is 0.383 e. The second kappa shape index (κ2) is 5.66. The first-order chi connectivity index (χ1) is 12.7. The van der Waals surface area contributed by atoms with Gasteiger partial charge in [-0.15, -0.1) is 11.3 Å². The van der Waals surface area contributed by atoms with E-state index in [0.717, 1.165) is 50.8 Å². The van der Waals surface area contributed by atoms with Crippen molar-refractivity contribution in [3.05, 3.63) is 52.2 Å². The summed E-state index contributed by atoms with van der Waals surface area (Å²) in [5.74, 6) is 0.255. The summed E-state index contributed by atoms with van der Waals surface area (Å²) in [6.07, 6.45) is 3.25. The molecular weight excluding hydrogens is 364 g/mol. The fourth-order valence-electron chi connectivity index (χ4n) is 3.67. The van der Waals surface area contributed by atoms with Gasteiger partial charge in [0.25, 0.3) is 0 Å². The van der Waals surface area contributed by atoms with Crippen molar-refractivity contribution < 1.29 is 0 Å². The van der Waals surface area contributed by atoms with E-state index in [4.69, 9.17) is 22.3 Å². The molecule has 2 N–H and O–H groups in total. The monoisotopic (exact) mass is 376 g/mol. The summed E-state index contributed by atoms with van der Waals surface area (Å²) in [6.45, 7) is 0. The van der Waals surface area contributed by atoms with E-state index in [9.17, 15) is 5.26 Å². The standard InChI is InChI=1S/C20H13ClN4S/c21-12-6-4-10(5-7-12)16-14(9-22)19(23)25-17-13-8-11-2-1-3-15(11)24-20(13)26-18(16)17/h4-8H,1-3H2,(H2,23,25). The number of anilines is 1. The van der Waals surface area contributed by atoms with Crippen LogP contribution in [0.15, 0.2) is 30.3 Å². The maximum absolute atomic E-state index is 9.68. The molecule has 0 aliphatic heterocycles. The van der Waals surface area contributed by atoms with E-state index in [0.29, 0.717) is 10.6 Å². The van der Waals surface area contributed by atoms with Crippen molar-refractivity contribution in [1.82, 2.24) is 9.97 Å². The predicted molar refractivity (Wildman–Crippen MR) is 107 cm³/mol. The van der Waals surface area contributed by atoms with E-state index in [1.54, 1.807) is 11.3 Å². The van der Waals surface area contributed by atoms with Gasteiger partial charge in [-0.05, 0) is 48.6 Å². The summed E-state index contributed by atoms with van der Waals surface area (Å²) in [7, 11) is 0. The Morgan fingerprint density at radius 3 is 2.73 bits per heavy atom. The lowest BCUT2D eigenvalue weighted by Crippen LogP contribution is -1.98. The van der Waals surface area contributed by atoms with Crippen LogP contribution in [0.25, 0.3) is 31.6 Å². The molecule has 0 saturated carbocycles. The van der Waals surface area contributed by atoms with Gasteiger partial charge in [0.1, 0.15) is 22.3 Å². The highest BCUT2D eigenvalue weighted by Gasteiger charge is 2.22. The number of aryl methyl sites for hydroxylation is 2. The minimum atomic E-state index is 0.255. The lowest BCUT2D eigenvalue weighted by atomic mass is 10.00. The maximum atomic E-state index is 9.68. The van der Waals surface area contributed by atoms with Gasteiger partial charge < -0.3 is 5.73 Å².